The monoisotopic (exact) mass is 281 g/mol. The quantitative estimate of drug-likeness (QED) is 0.794. The Morgan fingerprint density at radius 1 is 0.905 bits per heavy atom. The van der Waals surface area contributed by atoms with Gasteiger partial charge in [0.2, 0.25) is 0 Å². The van der Waals surface area contributed by atoms with Gasteiger partial charge < -0.3 is 10.8 Å². The first-order chi connectivity index (χ1) is 10.1. The first-order valence-electron chi connectivity index (χ1n) is 7.78. The second kappa shape index (κ2) is 5.44. The van der Waals surface area contributed by atoms with Crippen molar-refractivity contribution in [3.63, 3.8) is 0 Å². The molecule has 110 valence electrons. The minimum absolute atomic E-state index is 0.0738. The van der Waals surface area contributed by atoms with Gasteiger partial charge >= 0.3 is 0 Å². The van der Waals surface area contributed by atoms with Crippen molar-refractivity contribution in [1.29, 1.82) is 0 Å². The van der Waals surface area contributed by atoms with E-state index in [2.05, 4.69) is 24.3 Å². The normalized spacial score (nSPS) is 17.6. The van der Waals surface area contributed by atoms with E-state index in [0.717, 1.165) is 11.3 Å². The maximum absolute atomic E-state index is 9.82. The zero-order valence-electron chi connectivity index (χ0n) is 12.6. The number of nitrogens with two attached hydrogens (primary N) is 1. The molecule has 1 fully saturated rings. The molecule has 1 aliphatic carbocycles. The molecule has 1 aliphatic rings. The van der Waals surface area contributed by atoms with Crippen LogP contribution < -0.4 is 5.73 Å². The second-order valence-corrected chi connectivity index (χ2v) is 6.27. The summed E-state index contributed by atoms with van der Waals surface area (Å²) in [5, 5.41) is 9.82. The van der Waals surface area contributed by atoms with Gasteiger partial charge in [-0.1, -0.05) is 43.5 Å². The Balaban J connectivity index is 2.12. The highest BCUT2D eigenvalue weighted by Crippen LogP contribution is 2.45. The zero-order valence-corrected chi connectivity index (χ0v) is 12.6. The Hall–Kier alpha value is -1.96. The largest absolute Gasteiger partial charge is 0.508 e. The molecular weight excluding hydrogens is 258 g/mol. The maximum atomic E-state index is 9.82. The van der Waals surface area contributed by atoms with Crippen LogP contribution in [0.3, 0.4) is 0 Å². The fourth-order valence-corrected chi connectivity index (χ4v) is 3.65. The lowest BCUT2D eigenvalue weighted by Gasteiger charge is -2.39. The zero-order chi connectivity index (χ0) is 14.9. The van der Waals surface area contributed by atoms with Gasteiger partial charge in [0.05, 0.1) is 0 Å². The Kier molecular flexibility index (Phi) is 3.62. The summed E-state index contributed by atoms with van der Waals surface area (Å²) >= 11 is 0. The number of aryl methyl sites for hydroxylation is 1. The first kappa shape index (κ1) is 14.0. The van der Waals surface area contributed by atoms with E-state index in [9.17, 15) is 5.11 Å². The van der Waals surface area contributed by atoms with E-state index in [1.807, 2.05) is 25.1 Å². The lowest BCUT2D eigenvalue weighted by Crippen LogP contribution is -2.30. The Bertz CT molecular complexity index is 625. The Labute approximate surface area is 126 Å². The van der Waals surface area contributed by atoms with Gasteiger partial charge in [-0.15, -0.1) is 0 Å². The highest BCUT2D eigenvalue weighted by Gasteiger charge is 2.35. The van der Waals surface area contributed by atoms with E-state index in [-0.39, 0.29) is 5.41 Å². The van der Waals surface area contributed by atoms with Gasteiger partial charge in [-0.05, 0) is 54.7 Å². The van der Waals surface area contributed by atoms with Gasteiger partial charge in [-0.2, -0.15) is 0 Å². The predicted molar refractivity (Wildman–Crippen MR) is 87.6 cm³/mol. The molecule has 0 saturated heterocycles. The molecule has 2 aromatic carbocycles. The van der Waals surface area contributed by atoms with Crippen LogP contribution in [0.5, 0.6) is 5.75 Å². The molecule has 3 N–H and O–H groups in total. The SMILES string of the molecule is Cc1cc(C2(c3ccc(N)cc3)CCCCC2)ccc1O. The minimum Gasteiger partial charge on any atom is -0.508 e. The van der Waals surface area contributed by atoms with Crippen molar-refractivity contribution in [2.45, 2.75) is 44.4 Å². The molecular formula is C19H23NO. The number of phenols is 1. The third-order valence-electron chi connectivity index (χ3n) is 4.92. The molecule has 0 heterocycles. The summed E-state index contributed by atoms with van der Waals surface area (Å²) < 4.78 is 0. The van der Waals surface area contributed by atoms with Crippen molar-refractivity contribution < 1.29 is 5.11 Å². The lowest BCUT2D eigenvalue weighted by atomic mass is 9.65. The average molecular weight is 281 g/mol. The molecule has 21 heavy (non-hydrogen) atoms. The number of hydrogen-bond acceptors (Lipinski definition) is 2. The number of anilines is 1. The van der Waals surface area contributed by atoms with Crippen molar-refractivity contribution in [2.75, 3.05) is 5.73 Å². The summed E-state index contributed by atoms with van der Waals surface area (Å²) in [4.78, 5) is 0. The van der Waals surface area contributed by atoms with Crippen molar-refractivity contribution in [1.82, 2.24) is 0 Å². The molecule has 1 saturated carbocycles. The molecule has 2 aromatic rings. The second-order valence-electron chi connectivity index (χ2n) is 6.27. The highest BCUT2D eigenvalue weighted by molar-refractivity contribution is 5.48. The van der Waals surface area contributed by atoms with Crippen LogP contribution in [0, 0.1) is 6.92 Å². The van der Waals surface area contributed by atoms with Crippen molar-refractivity contribution in [2.24, 2.45) is 0 Å². The molecule has 0 spiro atoms. The van der Waals surface area contributed by atoms with Crippen LogP contribution >= 0.6 is 0 Å². The molecule has 0 amide bonds. The lowest BCUT2D eigenvalue weighted by molar-refractivity contribution is 0.345. The molecule has 2 nitrogen and oxygen atoms in total. The smallest absolute Gasteiger partial charge is 0.118 e. The fraction of sp³-hybridized carbons (Fsp3) is 0.368. The molecule has 0 radical (unpaired) electrons. The predicted octanol–water partition coefficient (Wildman–Crippen LogP) is 4.53. The van der Waals surface area contributed by atoms with Gasteiger partial charge in [-0.3, -0.25) is 0 Å². The summed E-state index contributed by atoms with van der Waals surface area (Å²) in [7, 11) is 0. The highest BCUT2D eigenvalue weighted by atomic mass is 16.3. The van der Waals surface area contributed by atoms with Gasteiger partial charge in [0, 0.05) is 11.1 Å². The van der Waals surface area contributed by atoms with E-state index in [0.29, 0.717) is 5.75 Å². The summed E-state index contributed by atoms with van der Waals surface area (Å²) in [6, 6.07) is 14.4. The molecule has 0 aromatic heterocycles. The Morgan fingerprint density at radius 3 is 2.14 bits per heavy atom. The van der Waals surface area contributed by atoms with Crippen molar-refractivity contribution in [3.8, 4) is 5.75 Å². The number of hydrogen-bond donors (Lipinski definition) is 2. The number of aromatic hydroxyl groups is 1. The third-order valence-corrected chi connectivity index (χ3v) is 4.92. The van der Waals surface area contributed by atoms with E-state index < -0.39 is 0 Å². The van der Waals surface area contributed by atoms with E-state index >= 15 is 0 Å². The van der Waals surface area contributed by atoms with Crippen LogP contribution in [0.2, 0.25) is 0 Å². The van der Waals surface area contributed by atoms with Gasteiger partial charge in [0.15, 0.2) is 0 Å². The van der Waals surface area contributed by atoms with Crippen LogP contribution in [0.1, 0.15) is 48.8 Å². The first-order valence-corrected chi connectivity index (χ1v) is 7.78. The number of phenolic OH excluding ortho intramolecular Hbond substituents is 1. The summed E-state index contributed by atoms with van der Waals surface area (Å²) in [6.07, 6.45) is 6.16. The number of nitrogen functional groups attached to an aromatic ring is 1. The van der Waals surface area contributed by atoms with Crippen molar-refractivity contribution in [3.05, 3.63) is 59.2 Å². The summed E-state index contributed by atoms with van der Waals surface area (Å²) in [5.41, 5.74) is 10.4. The topological polar surface area (TPSA) is 46.2 Å². The molecule has 0 aliphatic heterocycles. The van der Waals surface area contributed by atoms with Crippen LogP contribution in [-0.4, -0.2) is 5.11 Å². The molecule has 0 unspecified atom stereocenters. The standard InChI is InChI=1S/C19H23NO/c1-14-13-16(7-10-18(14)21)19(11-3-2-4-12-19)15-5-8-17(20)9-6-15/h5-10,13,21H,2-4,11-12,20H2,1H3. The fourth-order valence-electron chi connectivity index (χ4n) is 3.65. The van der Waals surface area contributed by atoms with Crippen LogP contribution in [0.15, 0.2) is 42.5 Å². The molecule has 3 rings (SSSR count). The minimum atomic E-state index is 0.0738. The van der Waals surface area contributed by atoms with Crippen LogP contribution in [-0.2, 0) is 5.41 Å². The van der Waals surface area contributed by atoms with E-state index in [1.165, 1.54) is 43.2 Å². The van der Waals surface area contributed by atoms with Gasteiger partial charge in [0.1, 0.15) is 5.75 Å². The molecule has 2 heteroatoms. The number of benzene rings is 2. The maximum Gasteiger partial charge on any atom is 0.118 e. The summed E-state index contributed by atoms with van der Waals surface area (Å²) in [5.74, 6) is 0.377. The van der Waals surface area contributed by atoms with E-state index in [1.54, 1.807) is 0 Å². The summed E-state index contributed by atoms with van der Waals surface area (Å²) in [6.45, 7) is 1.97. The Morgan fingerprint density at radius 2 is 1.52 bits per heavy atom. The molecule has 0 atom stereocenters. The number of rotatable bonds is 2. The van der Waals surface area contributed by atoms with Crippen LogP contribution in [0.4, 0.5) is 5.69 Å². The van der Waals surface area contributed by atoms with Crippen molar-refractivity contribution >= 4 is 5.69 Å². The molecule has 0 bridgehead atoms. The third kappa shape index (κ3) is 2.51. The average Bonchev–Trinajstić information content (AvgIpc) is 2.51. The van der Waals surface area contributed by atoms with Gasteiger partial charge in [0.25, 0.3) is 0 Å². The van der Waals surface area contributed by atoms with Gasteiger partial charge in [-0.25, -0.2) is 0 Å². The van der Waals surface area contributed by atoms with E-state index in [4.69, 9.17) is 5.73 Å². The van der Waals surface area contributed by atoms with Crippen LogP contribution in [0.25, 0.3) is 0 Å².